The number of halogens is 2. The molecule has 3 aromatic rings. The summed E-state index contributed by atoms with van der Waals surface area (Å²) in [6.45, 7) is -0.526. The molecule has 10 heteroatoms. The van der Waals surface area contributed by atoms with Crippen LogP contribution < -0.4 is 20.1 Å². The van der Waals surface area contributed by atoms with Crippen LogP contribution in [0.5, 0.6) is 11.5 Å². The van der Waals surface area contributed by atoms with E-state index in [-0.39, 0.29) is 46.8 Å². The molecule has 0 radical (unpaired) electrons. The van der Waals surface area contributed by atoms with Gasteiger partial charge in [0.2, 0.25) is 0 Å². The highest BCUT2D eigenvalue weighted by atomic mass is 35.5. The highest BCUT2D eigenvalue weighted by molar-refractivity contribution is 6.32. The Kier molecular flexibility index (Phi) is 7.50. The van der Waals surface area contributed by atoms with Crippen LogP contribution in [0.25, 0.3) is 6.08 Å². The van der Waals surface area contributed by atoms with Gasteiger partial charge in [-0.3, -0.25) is 14.5 Å². The van der Waals surface area contributed by atoms with Gasteiger partial charge in [-0.25, -0.2) is 9.18 Å². The Labute approximate surface area is 211 Å². The van der Waals surface area contributed by atoms with Gasteiger partial charge in [0.05, 0.1) is 18.7 Å². The molecule has 1 fully saturated rings. The van der Waals surface area contributed by atoms with Gasteiger partial charge in [-0.1, -0.05) is 48.0 Å². The van der Waals surface area contributed by atoms with E-state index in [2.05, 4.69) is 10.6 Å². The van der Waals surface area contributed by atoms with E-state index >= 15 is 0 Å². The molecule has 3 aromatic carbocycles. The zero-order valence-corrected chi connectivity index (χ0v) is 19.8. The lowest BCUT2D eigenvalue weighted by molar-refractivity contribution is -0.123. The molecular formula is C26H21ClFN3O5. The minimum absolute atomic E-state index is 0.00892. The predicted octanol–water partition coefficient (Wildman–Crippen LogP) is 4.60. The number of hydrogen-bond acceptors (Lipinski definition) is 5. The van der Waals surface area contributed by atoms with Crippen LogP contribution in [0.2, 0.25) is 5.02 Å². The molecule has 0 unspecified atom stereocenters. The van der Waals surface area contributed by atoms with Crippen LogP contribution in [0.15, 0.2) is 72.4 Å². The lowest BCUT2D eigenvalue weighted by Gasteiger charge is -2.14. The molecule has 36 heavy (non-hydrogen) atoms. The fourth-order valence-corrected chi connectivity index (χ4v) is 3.77. The van der Waals surface area contributed by atoms with Gasteiger partial charge in [0.1, 0.15) is 11.5 Å². The van der Waals surface area contributed by atoms with Crippen LogP contribution in [-0.2, 0) is 16.1 Å². The number of rotatable bonds is 8. The Morgan fingerprint density at radius 2 is 1.83 bits per heavy atom. The number of amides is 4. The second kappa shape index (κ2) is 10.9. The molecule has 4 rings (SSSR count). The first-order valence-corrected chi connectivity index (χ1v) is 11.2. The Morgan fingerprint density at radius 1 is 1.11 bits per heavy atom. The second-order valence-electron chi connectivity index (χ2n) is 7.71. The molecule has 2 N–H and O–H groups in total. The van der Waals surface area contributed by atoms with E-state index in [1.807, 2.05) is 6.07 Å². The van der Waals surface area contributed by atoms with Crippen LogP contribution in [-0.4, -0.2) is 36.5 Å². The van der Waals surface area contributed by atoms with Crippen molar-refractivity contribution < 1.29 is 28.2 Å². The Hall–Kier alpha value is -4.37. The van der Waals surface area contributed by atoms with Crippen molar-refractivity contribution in [1.29, 1.82) is 0 Å². The van der Waals surface area contributed by atoms with Crippen molar-refractivity contribution in [2.45, 2.75) is 6.54 Å². The molecule has 4 amide bonds. The molecule has 0 atom stereocenters. The summed E-state index contributed by atoms with van der Waals surface area (Å²) >= 11 is 6.37. The van der Waals surface area contributed by atoms with Crippen molar-refractivity contribution in [3.63, 3.8) is 0 Å². The Balaban J connectivity index is 1.48. The van der Waals surface area contributed by atoms with E-state index in [9.17, 15) is 18.8 Å². The summed E-state index contributed by atoms with van der Waals surface area (Å²) in [6.07, 6.45) is 1.42. The van der Waals surface area contributed by atoms with Gasteiger partial charge >= 0.3 is 6.03 Å². The minimum atomic E-state index is -0.669. The van der Waals surface area contributed by atoms with Crippen LogP contribution in [0.3, 0.4) is 0 Å². The number of imide groups is 1. The van der Waals surface area contributed by atoms with E-state index in [0.717, 1.165) is 4.90 Å². The number of para-hydroxylation sites is 1. The van der Waals surface area contributed by atoms with Crippen LogP contribution in [0, 0.1) is 5.82 Å². The van der Waals surface area contributed by atoms with E-state index in [4.69, 9.17) is 21.1 Å². The highest BCUT2D eigenvalue weighted by Gasteiger charge is 2.34. The highest BCUT2D eigenvalue weighted by Crippen LogP contribution is 2.37. The van der Waals surface area contributed by atoms with Crippen LogP contribution in [0.4, 0.5) is 14.9 Å². The quantitative estimate of drug-likeness (QED) is 0.342. The second-order valence-corrected chi connectivity index (χ2v) is 8.12. The molecule has 0 saturated carbocycles. The minimum Gasteiger partial charge on any atom is -0.493 e. The van der Waals surface area contributed by atoms with Gasteiger partial charge in [-0.2, -0.15) is 0 Å². The zero-order chi connectivity index (χ0) is 25.7. The number of nitrogens with one attached hydrogen (secondary N) is 2. The summed E-state index contributed by atoms with van der Waals surface area (Å²) in [6, 6.07) is 17.2. The van der Waals surface area contributed by atoms with Crippen molar-refractivity contribution in [3.8, 4) is 11.5 Å². The average molecular weight is 510 g/mol. The molecule has 0 aliphatic carbocycles. The summed E-state index contributed by atoms with van der Waals surface area (Å²) < 4.78 is 24.9. The number of carbonyl (C=O) groups excluding carboxylic acids is 3. The number of hydrogen-bond donors (Lipinski definition) is 2. The number of benzene rings is 3. The molecule has 1 aliphatic heterocycles. The maximum Gasteiger partial charge on any atom is 0.329 e. The molecule has 1 aliphatic rings. The van der Waals surface area contributed by atoms with Crippen molar-refractivity contribution >= 4 is 41.2 Å². The lowest BCUT2D eigenvalue weighted by atomic mass is 10.1. The number of carbonyl (C=O) groups is 3. The average Bonchev–Trinajstić information content (AvgIpc) is 3.12. The molecule has 0 spiro atoms. The summed E-state index contributed by atoms with van der Waals surface area (Å²) in [4.78, 5) is 38.3. The molecule has 0 aromatic heterocycles. The maximum absolute atomic E-state index is 14.0. The van der Waals surface area contributed by atoms with Gasteiger partial charge < -0.3 is 20.1 Å². The maximum atomic E-state index is 14.0. The Bertz CT molecular complexity index is 1350. The smallest absolute Gasteiger partial charge is 0.329 e. The first-order chi connectivity index (χ1) is 17.4. The first-order valence-electron chi connectivity index (χ1n) is 10.8. The summed E-state index contributed by atoms with van der Waals surface area (Å²) in [5.74, 6) is -1.15. The molecule has 1 heterocycles. The lowest BCUT2D eigenvalue weighted by Crippen LogP contribution is -2.30. The monoisotopic (exact) mass is 509 g/mol. The topological polar surface area (TPSA) is 97.0 Å². The number of anilines is 1. The number of methoxy groups -OCH3 is 1. The molecule has 0 bridgehead atoms. The predicted molar refractivity (Wildman–Crippen MR) is 132 cm³/mol. The van der Waals surface area contributed by atoms with Crippen LogP contribution >= 0.6 is 11.6 Å². The first kappa shape index (κ1) is 24.7. The third-order valence-corrected chi connectivity index (χ3v) is 5.50. The fourth-order valence-electron chi connectivity index (χ4n) is 3.50. The van der Waals surface area contributed by atoms with Crippen molar-refractivity contribution in [1.82, 2.24) is 10.2 Å². The largest absolute Gasteiger partial charge is 0.493 e. The third-order valence-electron chi connectivity index (χ3n) is 5.22. The SMILES string of the molecule is COc1cc(/C=C2/NC(=O)N(Cc3ccccc3F)C2=O)cc(Cl)c1OCC(=O)Nc1ccccc1. The van der Waals surface area contributed by atoms with Crippen molar-refractivity contribution in [3.05, 3.63) is 94.4 Å². The van der Waals surface area contributed by atoms with Crippen molar-refractivity contribution in [2.75, 3.05) is 19.0 Å². The van der Waals surface area contributed by atoms with Crippen molar-refractivity contribution in [2.24, 2.45) is 0 Å². The van der Waals surface area contributed by atoms with Gasteiger partial charge in [-0.15, -0.1) is 0 Å². The van der Waals surface area contributed by atoms with E-state index in [1.54, 1.807) is 36.4 Å². The van der Waals surface area contributed by atoms with Gasteiger partial charge in [0, 0.05) is 11.3 Å². The molecule has 1 saturated heterocycles. The summed E-state index contributed by atoms with van der Waals surface area (Å²) in [5.41, 5.74) is 1.27. The molecule has 184 valence electrons. The van der Waals surface area contributed by atoms with Gasteiger partial charge in [0.25, 0.3) is 11.8 Å². The van der Waals surface area contributed by atoms with E-state index in [0.29, 0.717) is 11.3 Å². The summed E-state index contributed by atoms with van der Waals surface area (Å²) in [7, 11) is 1.40. The summed E-state index contributed by atoms with van der Waals surface area (Å²) in [5, 5.41) is 5.32. The normalized spacial score (nSPS) is 14.1. The fraction of sp³-hybridized carbons (Fsp3) is 0.115. The zero-order valence-electron chi connectivity index (χ0n) is 19.1. The van der Waals surface area contributed by atoms with E-state index in [1.165, 1.54) is 37.5 Å². The number of ether oxygens (including phenoxy) is 2. The third kappa shape index (κ3) is 5.64. The van der Waals surface area contributed by atoms with Gasteiger partial charge in [0.15, 0.2) is 18.1 Å². The molecular weight excluding hydrogens is 489 g/mol. The number of urea groups is 1. The number of nitrogens with zero attached hydrogens (tertiary/aromatic N) is 1. The van der Waals surface area contributed by atoms with Crippen LogP contribution in [0.1, 0.15) is 11.1 Å². The standard InChI is InChI=1S/C26H21ClFN3O5/c1-35-22-13-16(11-19(27)24(22)36-15-23(32)29-18-8-3-2-4-9-18)12-21-25(33)31(26(34)30-21)14-17-7-5-6-10-20(17)28/h2-13H,14-15H2,1H3,(H,29,32)(H,30,34)/b21-12+. The van der Waals surface area contributed by atoms with E-state index < -0.39 is 17.8 Å². The Morgan fingerprint density at radius 3 is 2.56 bits per heavy atom. The van der Waals surface area contributed by atoms with Gasteiger partial charge in [-0.05, 0) is 42.0 Å². The molecule has 8 nitrogen and oxygen atoms in total.